The van der Waals surface area contributed by atoms with Gasteiger partial charge in [-0.15, -0.1) is 0 Å². The van der Waals surface area contributed by atoms with Gasteiger partial charge in [-0.05, 0) is 79.5 Å². The number of benzene rings is 2. The molecular weight excluding hydrogens is 270 g/mol. The van der Waals surface area contributed by atoms with Crippen molar-refractivity contribution in [3.63, 3.8) is 0 Å². The summed E-state index contributed by atoms with van der Waals surface area (Å²) in [6.45, 7) is 4.01. The van der Waals surface area contributed by atoms with Crippen molar-refractivity contribution in [1.82, 2.24) is 0 Å². The highest BCUT2D eigenvalue weighted by atomic mass is 16.1. The Morgan fingerprint density at radius 1 is 1.00 bits per heavy atom. The molecule has 22 heavy (non-hydrogen) atoms. The maximum absolute atomic E-state index is 12.3. The standard InChI is InChI=1S/C20H23NO/c1-14(22)20-18-7-5-6-15(18)12-16-8-9-17(13-19(16)20)21-10-3-2-4-11-21/h8-9,12-13H,2-7,10-11H2,1H3. The molecule has 0 unspecified atom stereocenters. The highest BCUT2D eigenvalue weighted by Gasteiger charge is 2.21. The van der Waals surface area contributed by atoms with Crippen molar-refractivity contribution in [2.75, 3.05) is 18.0 Å². The minimum atomic E-state index is 0.222. The maximum Gasteiger partial charge on any atom is 0.160 e. The molecule has 2 aromatic carbocycles. The number of hydrogen-bond donors (Lipinski definition) is 0. The minimum absolute atomic E-state index is 0.222. The van der Waals surface area contributed by atoms with Gasteiger partial charge in [0.05, 0.1) is 0 Å². The molecule has 0 saturated carbocycles. The smallest absolute Gasteiger partial charge is 0.160 e. The summed E-state index contributed by atoms with van der Waals surface area (Å²) in [5.74, 6) is 0.222. The van der Waals surface area contributed by atoms with Gasteiger partial charge in [0.2, 0.25) is 0 Å². The lowest BCUT2D eigenvalue weighted by molar-refractivity contribution is 0.101. The maximum atomic E-state index is 12.3. The zero-order valence-electron chi connectivity index (χ0n) is 13.3. The van der Waals surface area contributed by atoms with Crippen LogP contribution >= 0.6 is 0 Å². The molecule has 0 bridgehead atoms. The molecule has 2 heteroatoms. The fourth-order valence-corrected chi connectivity index (χ4v) is 4.20. The Bertz CT molecular complexity index is 741. The van der Waals surface area contributed by atoms with E-state index in [1.54, 1.807) is 6.92 Å². The first-order valence-corrected chi connectivity index (χ1v) is 8.58. The molecule has 0 spiro atoms. The van der Waals surface area contributed by atoms with Crippen LogP contribution in [0.5, 0.6) is 0 Å². The summed E-state index contributed by atoms with van der Waals surface area (Å²) < 4.78 is 0. The molecule has 1 saturated heterocycles. The van der Waals surface area contributed by atoms with Crippen LogP contribution in [0.15, 0.2) is 24.3 Å². The molecule has 2 nitrogen and oxygen atoms in total. The summed E-state index contributed by atoms with van der Waals surface area (Å²) in [4.78, 5) is 14.8. The summed E-state index contributed by atoms with van der Waals surface area (Å²) >= 11 is 0. The van der Waals surface area contributed by atoms with E-state index < -0.39 is 0 Å². The van der Waals surface area contributed by atoms with Gasteiger partial charge in [-0.3, -0.25) is 4.79 Å². The minimum Gasteiger partial charge on any atom is -0.372 e. The number of anilines is 1. The number of carbonyl (C=O) groups excluding carboxylic acids is 1. The summed E-state index contributed by atoms with van der Waals surface area (Å²) in [5.41, 5.74) is 4.98. The third-order valence-electron chi connectivity index (χ3n) is 5.27. The third kappa shape index (κ3) is 2.22. The average Bonchev–Trinajstić information content (AvgIpc) is 3.00. The molecular formula is C20H23NO. The Balaban J connectivity index is 1.89. The van der Waals surface area contributed by atoms with E-state index in [-0.39, 0.29) is 5.78 Å². The first-order valence-electron chi connectivity index (χ1n) is 8.58. The quantitative estimate of drug-likeness (QED) is 0.759. The molecule has 1 aliphatic heterocycles. The second kappa shape index (κ2) is 5.42. The first kappa shape index (κ1) is 13.8. The number of piperidine rings is 1. The fourth-order valence-electron chi connectivity index (χ4n) is 4.20. The number of carbonyl (C=O) groups is 1. The zero-order chi connectivity index (χ0) is 15.1. The van der Waals surface area contributed by atoms with E-state index in [0.717, 1.165) is 36.9 Å². The Hall–Kier alpha value is -1.83. The highest BCUT2D eigenvalue weighted by molar-refractivity contribution is 6.09. The Kier molecular flexibility index (Phi) is 3.40. The SMILES string of the molecule is CC(=O)c1c2c(cc3ccc(N4CCCCC4)cc13)CCC2. The predicted octanol–water partition coefficient (Wildman–Crippen LogP) is 4.52. The summed E-state index contributed by atoms with van der Waals surface area (Å²) in [6, 6.07) is 9.02. The molecule has 0 N–H and O–H groups in total. The largest absolute Gasteiger partial charge is 0.372 e. The van der Waals surface area contributed by atoms with Crippen LogP contribution in [0, 0.1) is 0 Å². The molecule has 1 aliphatic carbocycles. The van der Waals surface area contributed by atoms with Gasteiger partial charge in [-0.25, -0.2) is 0 Å². The van der Waals surface area contributed by atoms with Gasteiger partial charge in [0, 0.05) is 24.3 Å². The van der Waals surface area contributed by atoms with Crippen molar-refractivity contribution >= 4 is 22.2 Å². The average molecular weight is 293 g/mol. The summed E-state index contributed by atoms with van der Waals surface area (Å²) in [5, 5.41) is 2.39. The number of fused-ring (bicyclic) bond motifs is 2. The van der Waals surface area contributed by atoms with Gasteiger partial charge < -0.3 is 4.90 Å². The Morgan fingerprint density at radius 2 is 1.82 bits per heavy atom. The number of rotatable bonds is 2. The Labute approximate surface area is 132 Å². The van der Waals surface area contributed by atoms with Gasteiger partial charge in [-0.1, -0.05) is 12.1 Å². The van der Waals surface area contributed by atoms with Gasteiger partial charge in [0.15, 0.2) is 5.78 Å². The number of Topliss-reactive ketones (excluding diaryl/α,β-unsaturated/α-hetero) is 1. The van der Waals surface area contributed by atoms with Gasteiger partial charge in [0.25, 0.3) is 0 Å². The molecule has 2 aromatic rings. The van der Waals surface area contributed by atoms with Gasteiger partial charge in [-0.2, -0.15) is 0 Å². The van der Waals surface area contributed by atoms with E-state index in [0.29, 0.717) is 0 Å². The second-order valence-electron chi connectivity index (χ2n) is 6.75. The van der Waals surface area contributed by atoms with E-state index in [1.807, 2.05) is 0 Å². The first-order chi connectivity index (χ1) is 10.7. The molecule has 114 valence electrons. The number of ketones is 1. The molecule has 0 radical (unpaired) electrons. The van der Waals surface area contributed by atoms with Crippen molar-refractivity contribution < 1.29 is 4.79 Å². The second-order valence-corrected chi connectivity index (χ2v) is 6.75. The lowest BCUT2D eigenvalue weighted by Crippen LogP contribution is -2.29. The number of aryl methyl sites for hydroxylation is 1. The van der Waals surface area contributed by atoms with E-state index >= 15 is 0 Å². The van der Waals surface area contributed by atoms with E-state index in [1.165, 1.54) is 47.9 Å². The van der Waals surface area contributed by atoms with E-state index in [9.17, 15) is 4.79 Å². The van der Waals surface area contributed by atoms with Crippen LogP contribution < -0.4 is 4.90 Å². The van der Waals surface area contributed by atoms with Crippen LogP contribution in [0.4, 0.5) is 5.69 Å². The van der Waals surface area contributed by atoms with Gasteiger partial charge in [0.1, 0.15) is 0 Å². The molecule has 0 atom stereocenters. The zero-order valence-corrected chi connectivity index (χ0v) is 13.3. The molecule has 1 fully saturated rings. The predicted molar refractivity (Wildman–Crippen MR) is 92.0 cm³/mol. The fraction of sp³-hybridized carbons (Fsp3) is 0.450. The lowest BCUT2D eigenvalue weighted by atomic mass is 9.93. The van der Waals surface area contributed by atoms with E-state index in [4.69, 9.17) is 0 Å². The van der Waals surface area contributed by atoms with E-state index in [2.05, 4.69) is 29.2 Å². The third-order valence-corrected chi connectivity index (χ3v) is 5.27. The summed E-state index contributed by atoms with van der Waals surface area (Å²) in [6.07, 6.45) is 7.28. The lowest BCUT2D eigenvalue weighted by Gasteiger charge is -2.29. The van der Waals surface area contributed by atoms with Crippen LogP contribution in [0.3, 0.4) is 0 Å². The molecule has 4 rings (SSSR count). The van der Waals surface area contributed by atoms with Gasteiger partial charge >= 0.3 is 0 Å². The van der Waals surface area contributed by atoms with Crippen LogP contribution in [0.25, 0.3) is 10.8 Å². The van der Waals surface area contributed by atoms with Crippen molar-refractivity contribution in [2.24, 2.45) is 0 Å². The van der Waals surface area contributed by atoms with Crippen molar-refractivity contribution in [1.29, 1.82) is 0 Å². The van der Waals surface area contributed by atoms with Crippen LogP contribution in [-0.2, 0) is 12.8 Å². The molecule has 0 amide bonds. The number of hydrogen-bond acceptors (Lipinski definition) is 2. The summed E-state index contributed by atoms with van der Waals surface area (Å²) in [7, 11) is 0. The van der Waals surface area contributed by atoms with Crippen molar-refractivity contribution in [3.8, 4) is 0 Å². The van der Waals surface area contributed by atoms with Crippen LogP contribution in [0.2, 0.25) is 0 Å². The Morgan fingerprint density at radius 3 is 2.59 bits per heavy atom. The molecule has 2 aliphatic rings. The topological polar surface area (TPSA) is 20.3 Å². The molecule has 0 aromatic heterocycles. The van der Waals surface area contributed by atoms with Crippen LogP contribution in [0.1, 0.15) is 54.1 Å². The normalized spacial score (nSPS) is 17.8. The van der Waals surface area contributed by atoms with Crippen molar-refractivity contribution in [2.45, 2.75) is 45.4 Å². The van der Waals surface area contributed by atoms with Crippen molar-refractivity contribution in [3.05, 3.63) is 41.0 Å². The number of nitrogens with zero attached hydrogens (tertiary/aromatic N) is 1. The molecule has 1 heterocycles. The monoisotopic (exact) mass is 293 g/mol. The highest BCUT2D eigenvalue weighted by Crippen LogP contribution is 2.35. The van der Waals surface area contributed by atoms with Crippen LogP contribution in [-0.4, -0.2) is 18.9 Å².